The van der Waals surface area contributed by atoms with E-state index in [4.69, 9.17) is 0 Å². The fraction of sp³-hybridized carbons (Fsp3) is 0.462. The summed E-state index contributed by atoms with van der Waals surface area (Å²) in [7, 11) is -2.41. The lowest BCUT2D eigenvalue weighted by atomic mass is 10.00. The maximum Gasteiger partial charge on any atom is 0.253 e. The number of rotatable bonds is 5. The maximum absolute atomic E-state index is 12.3. The molecule has 0 atom stereocenters. The van der Waals surface area contributed by atoms with E-state index in [0.717, 1.165) is 9.13 Å². The predicted octanol–water partition coefficient (Wildman–Crippen LogP) is 2.11. The third kappa shape index (κ3) is 5.10. The van der Waals surface area contributed by atoms with Gasteiger partial charge in [-0.25, -0.2) is 8.42 Å². The summed E-state index contributed by atoms with van der Waals surface area (Å²) >= 11 is 2.13. The van der Waals surface area contributed by atoms with Crippen molar-refractivity contribution in [2.45, 2.75) is 32.7 Å². The van der Waals surface area contributed by atoms with Gasteiger partial charge in [0.05, 0.1) is 5.56 Å². The highest BCUT2D eigenvalue weighted by atomic mass is 127. The summed E-state index contributed by atoms with van der Waals surface area (Å²) in [5, 5.41) is 2.90. The molecule has 0 fully saturated rings. The first kappa shape index (κ1) is 16.4. The van der Waals surface area contributed by atoms with Crippen LogP contribution in [-0.4, -0.2) is 25.6 Å². The first-order chi connectivity index (χ1) is 8.73. The third-order valence-electron chi connectivity index (χ3n) is 2.82. The molecule has 0 bridgehead atoms. The highest BCUT2D eigenvalue weighted by Gasteiger charge is 2.23. The summed E-state index contributed by atoms with van der Waals surface area (Å²) in [5.74, 6) is -0.0818. The van der Waals surface area contributed by atoms with Gasteiger partial charge >= 0.3 is 0 Å². The van der Waals surface area contributed by atoms with Crippen molar-refractivity contribution in [3.63, 3.8) is 0 Å². The lowest BCUT2D eigenvalue weighted by molar-refractivity contribution is 0.0910. The molecule has 0 radical (unpaired) electrons. The molecule has 1 rings (SSSR count). The predicted molar refractivity (Wildman–Crippen MR) is 85.2 cm³/mol. The molecule has 0 saturated heterocycles. The number of aryl methyl sites for hydroxylation is 1. The van der Waals surface area contributed by atoms with Crippen molar-refractivity contribution in [3.05, 3.63) is 32.9 Å². The van der Waals surface area contributed by atoms with Crippen LogP contribution in [0, 0.1) is 10.5 Å². The van der Waals surface area contributed by atoms with Gasteiger partial charge in [0, 0.05) is 14.9 Å². The molecular weight excluding hydrogens is 377 g/mol. The summed E-state index contributed by atoms with van der Waals surface area (Å²) < 4.78 is 22.2. The van der Waals surface area contributed by atoms with E-state index >= 15 is 0 Å². The molecule has 1 aromatic carbocycles. The van der Waals surface area contributed by atoms with E-state index in [1.54, 1.807) is 0 Å². The minimum atomic E-state index is -2.41. The number of thiol groups is 1. The van der Waals surface area contributed by atoms with Gasteiger partial charge in [0.25, 0.3) is 5.91 Å². The summed E-state index contributed by atoms with van der Waals surface area (Å²) in [4.78, 5) is 12.3. The van der Waals surface area contributed by atoms with Crippen LogP contribution in [0.4, 0.5) is 0 Å². The molecule has 106 valence electrons. The van der Waals surface area contributed by atoms with Gasteiger partial charge in [-0.05, 0) is 61.4 Å². The molecule has 0 aromatic heterocycles. The molecule has 4 nitrogen and oxygen atoms in total. The third-order valence-corrected chi connectivity index (χ3v) is 4.31. The number of carbonyl (C=O) groups is 1. The average Bonchev–Trinajstić information content (AvgIpc) is 2.25. The second-order valence-corrected chi connectivity index (χ2v) is 7.35. The van der Waals surface area contributed by atoms with Gasteiger partial charge in [0.1, 0.15) is 10.7 Å². The summed E-state index contributed by atoms with van der Waals surface area (Å²) in [6.07, 6.45) is 0.403. The van der Waals surface area contributed by atoms with E-state index in [1.807, 2.05) is 39.0 Å². The van der Waals surface area contributed by atoms with Crippen molar-refractivity contribution in [1.82, 2.24) is 5.32 Å². The van der Waals surface area contributed by atoms with Gasteiger partial charge in [-0.15, -0.1) is 0 Å². The van der Waals surface area contributed by atoms with Crippen molar-refractivity contribution >= 4 is 39.2 Å². The Hall–Kier alpha value is -0.630. The Morgan fingerprint density at radius 3 is 2.53 bits per heavy atom. The zero-order chi connectivity index (χ0) is 14.6. The van der Waals surface area contributed by atoms with Crippen LogP contribution in [0.1, 0.15) is 36.2 Å². The SMILES string of the molecule is Cc1cccc(I)c1C(=O)NC(C)(C)CC[SH](=O)=O. The van der Waals surface area contributed by atoms with E-state index in [1.165, 1.54) is 0 Å². The summed E-state index contributed by atoms with van der Waals surface area (Å²) in [6, 6.07) is 5.67. The van der Waals surface area contributed by atoms with Gasteiger partial charge < -0.3 is 5.32 Å². The number of nitrogens with one attached hydrogen (secondary N) is 1. The molecule has 0 heterocycles. The molecule has 0 spiro atoms. The van der Waals surface area contributed by atoms with E-state index < -0.39 is 16.2 Å². The molecular formula is C13H18INO3S. The van der Waals surface area contributed by atoms with E-state index in [2.05, 4.69) is 27.9 Å². The zero-order valence-electron chi connectivity index (χ0n) is 11.2. The Morgan fingerprint density at radius 1 is 1.37 bits per heavy atom. The normalized spacial score (nSPS) is 11.6. The Bertz CT molecular complexity index is 525. The van der Waals surface area contributed by atoms with Crippen LogP contribution in [0.5, 0.6) is 0 Å². The molecule has 0 unspecified atom stereocenters. The quantitative estimate of drug-likeness (QED) is 0.593. The van der Waals surface area contributed by atoms with Gasteiger partial charge in [0.15, 0.2) is 0 Å². The maximum atomic E-state index is 12.3. The van der Waals surface area contributed by atoms with Crippen molar-refractivity contribution in [2.24, 2.45) is 0 Å². The van der Waals surface area contributed by atoms with Crippen molar-refractivity contribution in [2.75, 3.05) is 5.75 Å². The van der Waals surface area contributed by atoms with Crippen molar-refractivity contribution in [1.29, 1.82) is 0 Å². The van der Waals surface area contributed by atoms with Gasteiger partial charge in [-0.3, -0.25) is 4.79 Å². The zero-order valence-corrected chi connectivity index (χ0v) is 14.2. The molecule has 0 saturated carbocycles. The largest absolute Gasteiger partial charge is 0.347 e. The molecule has 1 N–H and O–H groups in total. The lowest BCUT2D eigenvalue weighted by Gasteiger charge is -2.26. The van der Waals surface area contributed by atoms with Crippen LogP contribution in [-0.2, 0) is 10.7 Å². The first-order valence-electron chi connectivity index (χ1n) is 5.92. The van der Waals surface area contributed by atoms with E-state index in [0.29, 0.717) is 12.0 Å². The standard InChI is InChI=1S/C13H18INO3S/c1-9-5-4-6-10(14)11(9)12(16)15-13(2,3)7-8-19(17)18/h4-6,19H,7-8H2,1-3H3,(H,15,16). The molecule has 6 heteroatoms. The molecule has 0 aliphatic heterocycles. The molecule has 1 aromatic rings. The molecule has 19 heavy (non-hydrogen) atoms. The van der Waals surface area contributed by atoms with Crippen LogP contribution in [0.15, 0.2) is 18.2 Å². The topological polar surface area (TPSA) is 63.2 Å². The Morgan fingerprint density at radius 2 is 2.00 bits per heavy atom. The summed E-state index contributed by atoms with van der Waals surface area (Å²) in [5.41, 5.74) is 1.02. The Kier molecular flexibility index (Phi) is 5.79. The van der Waals surface area contributed by atoms with Crippen LogP contribution >= 0.6 is 22.6 Å². The smallest absolute Gasteiger partial charge is 0.253 e. The highest BCUT2D eigenvalue weighted by molar-refractivity contribution is 14.1. The fourth-order valence-electron chi connectivity index (χ4n) is 1.72. The van der Waals surface area contributed by atoms with E-state index in [9.17, 15) is 13.2 Å². The van der Waals surface area contributed by atoms with Gasteiger partial charge in [-0.2, -0.15) is 0 Å². The Labute approximate surface area is 129 Å². The van der Waals surface area contributed by atoms with E-state index in [-0.39, 0.29) is 11.7 Å². The average molecular weight is 395 g/mol. The number of hydrogen-bond donors (Lipinski definition) is 2. The molecule has 0 aliphatic rings. The van der Waals surface area contributed by atoms with Gasteiger partial charge in [-0.1, -0.05) is 12.1 Å². The number of benzene rings is 1. The second-order valence-electron chi connectivity index (χ2n) is 5.08. The monoisotopic (exact) mass is 395 g/mol. The minimum absolute atomic E-state index is 0.0769. The van der Waals surface area contributed by atoms with Crippen LogP contribution in [0.2, 0.25) is 0 Å². The number of halogens is 1. The second kappa shape index (κ2) is 6.69. The van der Waals surface area contributed by atoms with Crippen molar-refractivity contribution < 1.29 is 13.2 Å². The first-order valence-corrected chi connectivity index (χ1v) is 8.36. The highest BCUT2D eigenvalue weighted by Crippen LogP contribution is 2.18. The molecule has 0 aliphatic carbocycles. The van der Waals surface area contributed by atoms with Crippen LogP contribution in [0.3, 0.4) is 0 Å². The van der Waals surface area contributed by atoms with Crippen LogP contribution < -0.4 is 5.32 Å². The lowest BCUT2D eigenvalue weighted by Crippen LogP contribution is -2.44. The number of amides is 1. The Balaban J connectivity index is 2.84. The van der Waals surface area contributed by atoms with Gasteiger partial charge in [0.2, 0.25) is 0 Å². The number of hydrogen-bond acceptors (Lipinski definition) is 3. The number of carbonyl (C=O) groups excluding carboxylic acids is 1. The van der Waals surface area contributed by atoms with Crippen molar-refractivity contribution in [3.8, 4) is 0 Å². The molecule has 1 amide bonds. The fourth-order valence-corrected chi connectivity index (χ4v) is 3.34. The van der Waals surface area contributed by atoms with Crippen LogP contribution in [0.25, 0.3) is 0 Å². The summed E-state index contributed by atoms with van der Waals surface area (Å²) in [6.45, 7) is 5.54. The minimum Gasteiger partial charge on any atom is -0.347 e.